The van der Waals surface area contributed by atoms with Gasteiger partial charge in [0.2, 0.25) is 0 Å². The number of hydrogen-bond acceptors (Lipinski definition) is 2. The van der Waals surface area contributed by atoms with Crippen molar-refractivity contribution in [3.63, 3.8) is 0 Å². The van der Waals surface area contributed by atoms with Gasteiger partial charge in [-0.1, -0.05) is 32.1 Å². The highest BCUT2D eigenvalue weighted by Gasteiger charge is 2.13. The van der Waals surface area contributed by atoms with Gasteiger partial charge in [-0.25, -0.2) is 0 Å². The Kier molecular flexibility index (Phi) is 4.78. The number of ketones is 1. The van der Waals surface area contributed by atoms with Crippen molar-refractivity contribution in [1.82, 2.24) is 9.88 Å². The fourth-order valence-electron chi connectivity index (χ4n) is 3.29. The first kappa shape index (κ1) is 17.4. The fraction of sp³-hybridized carbons (Fsp3) is 0.318. The first-order valence-electron chi connectivity index (χ1n) is 8.84. The predicted molar refractivity (Wildman–Crippen MR) is 107 cm³/mol. The molecule has 3 heteroatoms. The van der Waals surface area contributed by atoms with E-state index in [0.29, 0.717) is 6.04 Å². The first-order valence-corrected chi connectivity index (χ1v) is 8.84. The fourth-order valence-corrected chi connectivity index (χ4v) is 3.29. The van der Waals surface area contributed by atoms with Crippen LogP contribution in [0.5, 0.6) is 0 Å². The molecular formula is C22H26N2O. The van der Waals surface area contributed by atoms with Gasteiger partial charge in [0.05, 0.1) is 0 Å². The largest absolute Gasteiger partial charge is 0.339 e. The van der Waals surface area contributed by atoms with Gasteiger partial charge in [0, 0.05) is 46.5 Å². The van der Waals surface area contributed by atoms with Gasteiger partial charge in [0.1, 0.15) is 0 Å². The summed E-state index contributed by atoms with van der Waals surface area (Å²) in [7, 11) is 0. The van der Waals surface area contributed by atoms with E-state index in [1.807, 2.05) is 19.1 Å². The van der Waals surface area contributed by atoms with Gasteiger partial charge < -0.3 is 9.88 Å². The molecule has 25 heavy (non-hydrogen) atoms. The summed E-state index contributed by atoms with van der Waals surface area (Å²) in [6.07, 6.45) is 0. The highest BCUT2D eigenvalue weighted by molar-refractivity contribution is 6.11. The predicted octanol–water partition coefficient (Wildman–Crippen LogP) is 5.03. The molecule has 0 radical (unpaired) electrons. The minimum Gasteiger partial charge on any atom is -0.339 e. The number of benzene rings is 2. The van der Waals surface area contributed by atoms with E-state index in [0.717, 1.165) is 35.2 Å². The smallest absolute Gasteiger partial charge is 0.159 e. The van der Waals surface area contributed by atoms with Crippen LogP contribution in [-0.4, -0.2) is 22.9 Å². The molecule has 0 bridgehead atoms. The molecule has 0 amide bonds. The van der Waals surface area contributed by atoms with Crippen LogP contribution in [0.3, 0.4) is 0 Å². The highest BCUT2D eigenvalue weighted by atomic mass is 16.1. The normalized spacial score (nSPS) is 11.6. The van der Waals surface area contributed by atoms with Crippen LogP contribution in [0.2, 0.25) is 0 Å². The van der Waals surface area contributed by atoms with E-state index in [-0.39, 0.29) is 5.78 Å². The summed E-state index contributed by atoms with van der Waals surface area (Å²) < 4.78 is 2.34. The molecule has 0 spiro atoms. The Balaban J connectivity index is 2.21. The monoisotopic (exact) mass is 334 g/mol. The molecule has 130 valence electrons. The van der Waals surface area contributed by atoms with Crippen molar-refractivity contribution in [3.8, 4) is 0 Å². The quantitative estimate of drug-likeness (QED) is 0.642. The van der Waals surface area contributed by atoms with E-state index in [4.69, 9.17) is 0 Å². The maximum Gasteiger partial charge on any atom is 0.159 e. The molecule has 0 saturated heterocycles. The number of carbonyl (C=O) groups excluding carboxylic acids is 1. The van der Waals surface area contributed by atoms with E-state index in [2.05, 4.69) is 54.6 Å². The standard InChI is InChI=1S/C22H26N2O/c1-14(2)17-6-8-21-19(12-17)20-13-18(16(5)25)7-9-22(20)24(21)11-10-23-15(3)4/h6-9,12-13,15,23H,1,10-11H2,2-5H3. The Labute approximate surface area is 149 Å². The van der Waals surface area contributed by atoms with Crippen LogP contribution < -0.4 is 5.32 Å². The van der Waals surface area contributed by atoms with Crippen LogP contribution in [0.15, 0.2) is 43.0 Å². The van der Waals surface area contributed by atoms with E-state index in [9.17, 15) is 4.79 Å². The lowest BCUT2D eigenvalue weighted by atomic mass is 10.0. The number of carbonyl (C=O) groups is 1. The first-order chi connectivity index (χ1) is 11.9. The number of nitrogens with zero attached hydrogens (tertiary/aromatic N) is 1. The Bertz CT molecular complexity index is 892. The second kappa shape index (κ2) is 6.85. The number of allylic oxidation sites excluding steroid dienone is 1. The SMILES string of the molecule is C=C(C)c1ccc2c(c1)c1cc(C(C)=O)ccc1n2CCNC(C)C. The number of fused-ring (bicyclic) bond motifs is 3. The zero-order chi connectivity index (χ0) is 18.1. The highest BCUT2D eigenvalue weighted by Crippen LogP contribution is 2.32. The Morgan fingerprint density at radius 2 is 1.60 bits per heavy atom. The Hall–Kier alpha value is -2.39. The number of aromatic nitrogens is 1. The van der Waals surface area contributed by atoms with Gasteiger partial charge in [-0.2, -0.15) is 0 Å². The molecule has 0 aliphatic carbocycles. The van der Waals surface area contributed by atoms with E-state index in [1.165, 1.54) is 16.4 Å². The summed E-state index contributed by atoms with van der Waals surface area (Å²) in [5.74, 6) is 0.0975. The van der Waals surface area contributed by atoms with E-state index < -0.39 is 0 Å². The van der Waals surface area contributed by atoms with Crippen molar-refractivity contribution in [2.45, 2.75) is 40.3 Å². The summed E-state index contributed by atoms with van der Waals surface area (Å²) in [5.41, 5.74) is 5.32. The summed E-state index contributed by atoms with van der Waals surface area (Å²) in [6.45, 7) is 13.8. The summed E-state index contributed by atoms with van der Waals surface area (Å²) in [5, 5.41) is 5.80. The van der Waals surface area contributed by atoms with Crippen LogP contribution in [0, 0.1) is 0 Å². The number of nitrogens with one attached hydrogen (secondary N) is 1. The molecular weight excluding hydrogens is 308 g/mol. The molecule has 0 aliphatic rings. The average Bonchev–Trinajstić information content (AvgIpc) is 2.87. The molecule has 3 aromatic rings. The van der Waals surface area contributed by atoms with Gasteiger partial charge in [-0.05, 0) is 49.7 Å². The Morgan fingerprint density at radius 1 is 1.04 bits per heavy atom. The van der Waals surface area contributed by atoms with Crippen molar-refractivity contribution in [3.05, 3.63) is 54.1 Å². The minimum atomic E-state index is 0.0975. The van der Waals surface area contributed by atoms with Crippen LogP contribution in [-0.2, 0) is 6.54 Å². The van der Waals surface area contributed by atoms with Crippen molar-refractivity contribution < 1.29 is 4.79 Å². The lowest BCUT2D eigenvalue weighted by Gasteiger charge is -2.11. The van der Waals surface area contributed by atoms with Gasteiger partial charge in [-0.15, -0.1) is 0 Å². The van der Waals surface area contributed by atoms with Crippen LogP contribution in [0.25, 0.3) is 27.4 Å². The third kappa shape index (κ3) is 3.38. The van der Waals surface area contributed by atoms with Crippen molar-refractivity contribution in [2.75, 3.05) is 6.54 Å². The maximum absolute atomic E-state index is 11.8. The van der Waals surface area contributed by atoms with Crippen molar-refractivity contribution in [2.24, 2.45) is 0 Å². The average molecular weight is 334 g/mol. The van der Waals surface area contributed by atoms with Crippen LogP contribution >= 0.6 is 0 Å². The van der Waals surface area contributed by atoms with Gasteiger partial charge in [0.15, 0.2) is 5.78 Å². The summed E-state index contributed by atoms with van der Waals surface area (Å²) in [4.78, 5) is 11.8. The third-order valence-electron chi connectivity index (χ3n) is 4.65. The van der Waals surface area contributed by atoms with E-state index >= 15 is 0 Å². The molecule has 0 atom stereocenters. The maximum atomic E-state index is 11.8. The van der Waals surface area contributed by atoms with Gasteiger partial charge in [-0.3, -0.25) is 4.79 Å². The molecule has 1 N–H and O–H groups in total. The molecule has 3 nitrogen and oxygen atoms in total. The third-order valence-corrected chi connectivity index (χ3v) is 4.65. The van der Waals surface area contributed by atoms with E-state index in [1.54, 1.807) is 6.92 Å². The van der Waals surface area contributed by atoms with Crippen molar-refractivity contribution >= 4 is 33.2 Å². The van der Waals surface area contributed by atoms with Gasteiger partial charge >= 0.3 is 0 Å². The van der Waals surface area contributed by atoms with Crippen LogP contribution in [0.1, 0.15) is 43.6 Å². The second-order valence-corrected chi connectivity index (χ2v) is 7.06. The lowest BCUT2D eigenvalue weighted by molar-refractivity contribution is 0.101. The van der Waals surface area contributed by atoms with Gasteiger partial charge in [0.25, 0.3) is 0 Å². The summed E-state index contributed by atoms with van der Waals surface area (Å²) in [6, 6.07) is 13.0. The molecule has 0 fully saturated rings. The lowest BCUT2D eigenvalue weighted by Crippen LogP contribution is -2.26. The van der Waals surface area contributed by atoms with Crippen LogP contribution in [0.4, 0.5) is 0 Å². The second-order valence-electron chi connectivity index (χ2n) is 7.06. The molecule has 2 aromatic carbocycles. The molecule has 0 saturated carbocycles. The molecule has 1 heterocycles. The minimum absolute atomic E-state index is 0.0975. The Morgan fingerprint density at radius 3 is 2.12 bits per heavy atom. The number of hydrogen-bond donors (Lipinski definition) is 1. The number of rotatable bonds is 6. The van der Waals surface area contributed by atoms with Crippen molar-refractivity contribution in [1.29, 1.82) is 0 Å². The molecule has 0 unspecified atom stereocenters. The molecule has 3 rings (SSSR count). The summed E-state index contributed by atoms with van der Waals surface area (Å²) >= 11 is 0. The topological polar surface area (TPSA) is 34.0 Å². The molecule has 0 aliphatic heterocycles. The molecule has 1 aromatic heterocycles. The zero-order valence-electron chi connectivity index (χ0n) is 15.5. The number of Topliss-reactive ketones (excluding diaryl/α,β-unsaturated/α-hetero) is 1. The zero-order valence-corrected chi connectivity index (χ0v) is 15.5.